The van der Waals surface area contributed by atoms with E-state index in [1.54, 1.807) is 0 Å². The molecule has 0 amide bonds. The lowest BCUT2D eigenvalue weighted by Crippen LogP contribution is -2.10. The molecule has 3 N–H and O–H groups in total. The summed E-state index contributed by atoms with van der Waals surface area (Å²) in [5.74, 6) is 2.54. The van der Waals surface area contributed by atoms with Gasteiger partial charge >= 0.3 is 0 Å². The number of nitrogens with two attached hydrogens (primary N) is 1. The molecule has 0 atom stereocenters. The Morgan fingerprint density at radius 2 is 1.94 bits per heavy atom. The van der Waals surface area contributed by atoms with Gasteiger partial charge in [-0.2, -0.15) is 0 Å². The van der Waals surface area contributed by atoms with Crippen LogP contribution in [0.3, 0.4) is 0 Å². The first-order valence-electron chi connectivity index (χ1n) is 11.9. The highest BCUT2D eigenvalue weighted by atomic mass is 16.5. The van der Waals surface area contributed by atoms with Gasteiger partial charge in [0.15, 0.2) is 5.82 Å². The van der Waals surface area contributed by atoms with Crippen LogP contribution in [-0.4, -0.2) is 32.7 Å². The summed E-state index contributed by atoms with van der Waals surface area (Å²) >= 11 is 0. The van der Waals surface area contributed by atoms with Crippen LogP contribution in [0.15, 0.2) is 48.7 Å². The van der Waals surface area contributed by atoms with Crippen molar-refractivity contribution < 1.29 is 9.47 Å². The molecule has 0 spiro atoms. The van der Waals surface area contributed by atoms with Gasteiger partial charge < -0.3 is 24.8 Å². The van der Waals surface area contributed by atoms with Crippen LogP contribution in [0.25, 0.3) is 32.8 Å². The molecule has 5 rings (SSSR count). The lowest BCUT2D eigenvalue weighted by Gasteiger charge is -2.13. The van der Waals surface area contributed by atoms with E-state index in [4.69, 9.17) is 20.2 Å². The van der Waals surface area contributed by atoms with Crippen LogP contribution < -0.4 is 10.5 Å². The summed E-state index contributed by atoms with van der Waals surface area (Å²) in [5, 5.41) is 2.26. The van der Waals surface area contributed by atoms with Gasteiger partial charge in [-0.1, -0.05) is 32.0 Å². The fourth-order valence-electron chi connectivity index (χ4n) is 4.51. The summed E-state index contributed by atoms with van der Waals surface area (Å²) < 4.78 is 14.0. The van der Waals surface area contributed by atoms with Crippen LogP contribution in [0, 0.1) is 5.92 Å². The van der Waals surface area contributed by atoms with Crippen LogP contribution in [-0.2, 0) is 24.3 Å². The molecule has 3 aromatic heterocycles. The maximum atomic E-state index is 6.36. The van der Waals surface area contributed by atoms with Gasteiger partial charge in [-0.25, -0.2) is 9.97 Å². The van der Waals surface area contributed by atoms with Crippen molar-refractivity contribution in [2.24, 2.45) is 5.92 Å². The molecule has 0 unspecified atom stereocenters. The summed E-state index contributed by atoms with van der Waals surface area (Å²) in [6.45, 7) is 8.88. The lowest BCUT2D eigenvalue weighted by molar-refractivity contribution is 0.125. The van der Waals surface area contributed by atoms with Crippen molar-refractivity contribution in [3.63, 3.8) is 0 Å². The van der Waals surface area contributed by atoms with Crippen LogP contribution in [0.5, 0.6) is 5.75 Å². The van der Waals surface area contributed by atoms with E-state index >= 15 is 0 Å². The molecule has 34 heavy (non-hydrogen) atoms. The summed E-state index contributed by atoms with van der Waals surface area (Å²) in [5.41, 5.74) is 11.3. The van der Waals surface area contributed by atoms with E-state index < -0.39 is 0 Å². The van der Waals surface area contributed by atoms with Gasteiger partial charge in [0.25, 0.3) is 0 Å². The van der Waals surface area contributed by atoms with E-state index in [0.717, 1.165) is 52.0 Å². The second-order valence-electron chi connectivity index (χ2n) is 9.00. The van der Waals surface area contributed by atoms with E-state index in [9.17, 15) is 0 Å². The number of nitrogen functional groups attached to an aromatic ring is 1. The number of ether oxygens (including phenoxy) is 2. The third-order valence-corrected chi connectivity index (χ3v) is 6.05. The van der Waals surface area contributed by atoms with E-state index in [2.05, 4.69) is 58.8 Å². The number of anilines is 1. The van der Waals surface area contributed by atoms with Crippen molar-refractivity contribution in [1.82, 2.24) is 19.5 Å². The maximum Gasteiger partial charge on any atom is 0.152 e. The number of para-hydroxylation sites is 1. The molecule has 176 valence electrons. The predicted molar refractivity (Wildman–Crippen MR) is 137 cm³/mol. The predicted octanol–water partition coefficient (Wildman–Crippen LogP) is 5.46. The largest absolute Gasteiger partial charge is 0.493 e. The number of benzene rings is 2. The van der Waals surface area contributed by atoms with Gasteiger partial charge in [-0.05, 0) is 36.6 Å². The van der Waals surface area contributed by atoms with E-state index in [1.807, 2.05) is 25.1 Å². The molecule has 7 nitrogen and oxygen atoms in total. The Labute approximate surface area is 198 Å². The molecule has 0 fully saturated rings. The fraction of sp³-hybridized carbons (Fsp3) is 0.333. The minimum absolute atomic E-state index is 0.429. The van der Waals surface area contributed by atoms with Crippen LogP contribution in [0.1, 0.15) is 32.2 Å². The number of nitrogens with zero attached hydrogens (tertiary/aromatic N) is 3. The highest BCUT2D eigenvalue weighted by molar-refractivity contribution is 6.07. The average molecular weight is 458 g/mol. The van der Waals surface area contributed by atoms with Crippen molar-refractivity contribution >= 4 is 38.7 Å². The molecule has 0 aliphatic carbocycles. The number of aromatic amines is 1. The van der Waals surface area contributed by atoms with Gasteiger partial charge in [0.2, 0.25) is 0 Å². The number of fused-ring (bicyclic) bond motifs is 4. The van der Waals surface area contributed by atoms with E-state index in [0.29, 0.717) is 31.6 Å². The van der Waals surface area contributed by atoms with Crippen LogP contribution in [0.4, 0.5) is 5.82 Å². The molecule has 0 bridgehead atoms. The quantitative estimate of drug-likeness (QED) is 0.307. The van der Waals surface area contributed by atoms with Crippen molar-refractivity contribution in [2.75, 3.05) is 18.9 Å². The third kappa shape index (κ3) is 4.19. The number of rotatable bonds is 9. The standard InChI is InChI=1S/C27H31N5O2/c1-4-33-16-24-31-25-26(32(24)15-17(2)3)21-10-9-19(13-23(21)30-27(25)28)34-12-11-18-14-29-22-8-6-5-7-20(18)22/h5-10,13-14,17,29H,4,11-12,15-16H2,1-3H3,(H2,28,30). The van der Waals surface area contributed by atoms with Gasteiger partial charge in [-0.3, -0.25) is 0 Å². The van der Waals surface area contributed by atoms with Gasteiger partial charge in [0.1, 0.15) is 23.7 Å². The number of aromatic nitrogens is 4. The monoisotopic (exact) mass is 457 g/mol. The van der Waals surface area contributed by atoms with Crippen molar-refractivity contribution in [3.8, 4) is 5.75 Å². The molecule has 0 radical (unpaired) electrons. The Hall–Kier alpha value is -3.58. The number of H-pyrrole nitrogens is 1. The van der Waals surface area contributed by atoms with E-state index in [1.165, 1.54) is 10.9 Å². The first-order valence-corrected chi connectivity index (χ1v) is 11.9. The lowest BCUT2D eigenvalue weighted by atomic mass is 10.1. The molecular formula is C27H31N5O2. The molecule has 7 heteroatoms. The maximum absolute atomic E-state index is 6.36. The van der Waals surface area contributed by atoms with Crippen molar-refractivity contribution in [1.29, 1.82) is 0 Å². The van der Waals surface area contributed by atoms with Gasteiger partial charge in [0, 0.05) is 48.1 Å². The Morgan fingerprint density at radius 3 is 2.76 bits per heavy atom. The number of nitrogens with one attached hydrogen (secondary N) is 1. The number of hydrogen-bond donors (Lipinski definition) is 2. The molecule has 5 aromatic rings. The number of hydrogen-bond acceptors (Lipinski definition) is 5. The summed E-state index contributed by atoms with van der Waals surface area (Å²) in [4.78, 5) is 12.8. The Morgan fingerprint density at radius 1 is 1.09 bits per heavy atom. The Kier molecular flexibility index (Phi) is 6.11. The SMILES string of the molecule is CCOCc1nc2c(N)nc3cc(OCCc4c[nH]c5ccccc45)ccc3c2n1CC(C)C. The van der Waals surface area contributed by atoms with Crippen LogP contribution >= 0.6 is 0 Å². The summed E-state index contributed by atoms with van der Waals surface area (Å²) in [6.07, 6.45) is 2.88. The minimum Gasteiger partial charge on any atom is -0.493 e. The smallest absolute Gasteiger partial charge is 0.152 e. The molecular weight excluding hydrogens is 426 g/mol. The zero-order valence-corrected chi connectivity index (χ0v) is 20.0. The van der Waals surface area contributed by atoms with Crippen molar-refractivity contribution in [2.45, 2.75) is 40.3 Å². The Balaban J connectivity index is 1.44. The zero-order valence-electron chi connectivity index (χ0n) is 20.0. The first kappa shape index (κ1) is 22.2. The average Bonchev–Trinajstić information content (AvgIpc) is 3.40. The summed E-state index contributed by atoms with van der Waals surface area (Å²) in [6, 6.07) is 14.4. The molecule has 0 aliphatic heterocycles. The number of pyridine rings is 1. The second kappa shape index (κ2) is 9.35. The molecule has 3 heterocycles. The molecule has 2 aromatic carbocycles. The van der Waals surface area contributed by atoms with Gasteiger partial charge in [-0.15, -0.1) is 0 Å². The normalized spacial score (nSPS) is 11.9. The topological polar surface area (TPSA) is 91.0 Å². The Bertz CT molecular complexity index is 1450. The van der Waals surface area contributed by atoms with Crippen LogP contribution in [0.2, 0.25) is 0 Å². The highest BCUT2D eigenvalue weighted by Gasteiger charge is 2.18. The highest BCUT2D eigenvalue weighted by Crippen LogP contribution is 2.32. The zero-order chi connectivity index (χ0) is 23.7. The van der Waals surface area contributed by atoms with E-state index in [-0.39, 0.29) is 0 Å². The molecule has 0 aliphatic rings. The second-order valence-corrected chi connectivity index (χ2v) is 9.00. The fourth-order valence-corrected chi connectivity index (χ4v) is 4.51. The minimum atomic E-state index is 0.429. The molecule has 0 saturated heterocycles. The van der Waals surface area contributed by atoms with Crippen molar-refractivity contribution in [3.05, 3.63) is 60.0 Å². The first-order chi connectivity index (χ1) is 16.5. The third-order valence-electron chi connectivity index (χ3n) is 6.05. The number of imidazole rings is 1. The summed E-state index contributed by atoms with van der Waals surface area (Å²) in [7, 11) is 0. The van der Waals surface area contributed by atoms with Gasteiger partial charge in [0.05, 0.1) is 17.6 Å². The molecule has 0 saturated carbocycles.